The highest BCUT2D eigenvalue weighted by molar-refractivity contribution is 6.74. The third-order valence-electron chi connectivity index (χ3n) is 7.10. The summed E-state index contributed by atoms with van der Waals surface area (Å²) < 4.78 is 50.5. The van der Waals surface area contributed by atoms with Crippen LogP contribution in [0.25, 0.3) is 0 Å². The van der Waals surface area contributed by atoms with Crippen molar-refractivity contribution in [2.24, 2.45) is 0 Å². The number of ether oxygens (including phenoxy) is 1. The van der Waals surface area contributed by atoms with Crippen LogP contribution in [0.4, 0.5) is 14.6 Å². The maximum absolute atomic E-state index is 15.8. The lowest BCUT2D eigenvalue weighted by molar-refractivity contribution is -0.138. The fourth-order valence-electron chi connectivity index (χ4n) is 2.85. The van der Waals surface area contributed by atoms with Crippen molar-refractivity contribution >= 4 is 22.5 Å². The zero-order chi connectivity index (χ0) is 24.9. The Labute approximate surface area is 191 Å². The second kappa shape index (κ2) is 8.57. The maximum atomic E-state index is 15.8. The van der Waals surface area contributed by atoms with E-state index in [-0.39, 0.29) is 22.5 Å². The molecule has 0 aliphatic carbocycles. The number of aromatic nitrogens is 2. The molecule has 2 N–H and O–H groups in total. The summed E-state index contributed by atoms with van der Waals surface area (Å²) in [7, 11) is -4.82. The molecule has 11 heteroatoms. The Morgan fingerprint density at radius 2 is 1.66 bits per heavy atom. The lowest BCUT2D eigenvalue weighted by Gasteiger charge is -2.41. The van der Waals surface area contributed by atoms with Crippen molar-refractivity contribution in [1.82, 2.24) is 9.55 Å². The summed E-state index contributed by atoms with van der Waals surface area (Å²) in [5.74, 6) is -3.52. The topological polar surface area (TPSA) is 88.6 Å². The van der Waals surface area contributed by atoms with Crippen LogP contribution in [-0.4, -0.2) is 50.9 Å². The van der Waals surface area contributed by atoms with Gasteiger partial charge in [-0.3, -0.25) is 4.57 Å². The highest BCUT2D eigenvalue weighted by atomic mass is 28.4. The van der Waals surface area contributed by atoms with Gasteiger partial charge in [0.2, 0.25) is 6.23 Å². The summed E-state index contributed by atoms with van der Waals surface area (Å²) in [5, 5.41) is -0.382. The van der Waals surface area contributed by atoms with E-state index in [4.69, 9.17) is 19.3 Å². The molecule has 1 aliphatic heterocycles. The molecule has 0 amide bonds. The standard InChI is InChI=1S/C21H39F2N3O4Si2/c1-19(2,3)31(7,8)28-13-14-16(30-32(9,10)20(4,5)6)21(22,23)17(29-14)26-12-11-15(24)25-18(26)27/h11-12,14,16-17H,13H2,1-10H3,(H2,24,25,27). The molecule has 184 valence electrons. The summed E-state index contributed by atoms with van der Waals surface area (Å²) in [6.07, 6.45) is -3.26. The van der Waals surface area contributed by atoms with Crippen LogP contribution in [-0.2, 0) is 13.6 Å². The molecule has 7 nitrogen and oxygen atoms in total. The predicted octanol–water partition coefficient (Wildman–Crippen LogP) is 4.77. The molecule has 1 aromatic rings. The summed E-state index contributed by atoms with van der Waals surface area (Å²) in [4.78, 5) is 15.9. The number of alkyl halides is 2. The van der Waals surface area contributed by atoms with Crippen LogP contribution in [0.2, 0.25) is 36.3 Å². The van der Waals surface area contributed by atoms with Gasteiger partial charge in [-0.05, 0) is 42.3 Å². The Balaban J connectivity index is 2.45. The molecule has 2 rings (SSSR count). The Morgan fingerprint density at radius 3 is 2.12 bits per heavy atom. The van der Waals surface area contributed by atoms with Crippen molar-refractivity contribution in [1.29, 1.82) is 0 Å². The van der Waals surface area contributed by atoms with Gasteiger partial charge in [0, 0.05) is 6.20 Å². The SMILES string of the molecule is CC(C)(C)[Si](C)(C)OCC1OC(n2ccc(N)nc2=O)C(F)(F)C1O[Si](C)(C)C(C)(C)C. The molecule has 0 bridgehead atoms. The van der Waals surface area contributed by atoms with Gasteiger partial charge in [0.1, 0.15) is 18.0 Å². The summed E-state index contributed by atoms with van der Waals surface area (Å²) in [6, 6.07) is 1.30. The lowest BCUT2D eigenvalue weighted by Crippen LogP contribution is -2.53. The third-order valence-corrected chi connectivity index (χ3v) is 16.1. The van der Waals surface area contributed by atoms with Crippen LogP contribution in [0.5, 0.6) is 0 Å². The number of rotatable bonds is 6. The Kier molecular flexibility index (Phi) is 7.26. The van der Waals surface area contributed by atoms with E-state index in [0.29, 0.717) is 0 Å². The van der Waals surface area contributed by atoms with E-state index in [0.717, 1.165) is 4.57 Å². The smallest absolute Gasteiger partial charge is 0.351 e. The van der Waals surface area contributed by atoms with Crippen LogP contribution >= 0.6 is 0 Å². The second-order valence-corrected chi connectivity index (χ2v) is 21.2. The summed E-state index contributed by atoms with van der Waals surface area (Å²) in [6.45, 7) is 20.1. The van der Waals surface area contributed by atoms with Gasteiger partial charge in [-0.1, -0.05) is 41.5 Å². The van der Waals surface area contributed by atoms with Gasteiger partial charge in [0.05, 0.1) is 6.61 Å². The average molecular weight is 492 g/mol. The van der Waals surface area contributed by atoms with E-state index in [1.165, 1.54) is 12.3 Å². The van der Waals surface area contributed by atoms with Crippen LogP contribution in [0, 0.1) is 0 Å². The van der Waals surface area contributed by atoms with E-state index in [1.807, 2.05) is 33.9 Å². The first-order valence-electron chi connectivity index (χ1n) is 10.9. The predicted molar refractivity (Wildman–Crippen MR) is 127 cm³/mol. The largest absolute Gasteiger partial charge is 0.414 e. The van der Waals surface area contributed by atoms with E-state index >= 15 is 8.78 Å². The number of nitrogens with zero attached hydrogens (tertiary/aromatic N) is 2. The fraction of sp³-hybridized carbons (Fsp3) is 0.810. The molecule has 0 radical (unpaired) electrons. The van der Waals surface area contributed by atoms with E-state index in [1.54, 1.807) is 0 Å². The minimum Gasteiger partial charge on any atom is -0.414 e. The summed E-state index contributed by atoms with van der Waals surface area (Å²) >= 11 is 0. The number of nitrogen functional groups attached to an aromatic ring is 1. The quantitative estimate of drug-likeness (QED) is 0.577. The van der Waals surface area contributed by atoms with Crippen molar-refractivity contribution in [3.05, 3.63) is 22.7 Å². The van der Waals surface area contributed by atoms with E-state index in [2.05, 4.69) is 38.8 Å². The van der Waals surface area contributed by atoms with Crippen molar-refractivity contribution in [2.75, 3.05) is 12.3 Å². The zero-order valence-electron chi connectivity index (χ0n) is 21.0. The van der Waals surface area contributed by atoms with Crippen molar-refractivity contribution < 1.29 is 22.4 Å². The molecule has 1 aliphatic rings. The van der Waals surface area contributed by atoms with E-state index in [9.17, 15) is 4.79 Å². The third kappa shape index (κ3) is 5.32. The molecule has 0 saturated carbocycles. The van der Waals surface area contributed by atoms with Crippen molar-refractivity contribution in [2.45, 2.75) is 102 Å². The normalized spacial score (nSPS) is 24.7. The molecule has 1 aromatic heterocycles. The van der Waals surface area contributed by atoms with Gasteiger partial charge in [-0.25, -0.2) is 4.79 Å². The molecule has 3 atom stereocenters. The van der Waals surface area contributed by atoms with Gasteiger partial charge in [-0.2, -0.15) is 13.8 Å². The average Bonchev–Trinajstić information content (AvgIpc) is 2.82. The second-order valence-electron chi connectivity index (χ2n) is 11.6. The lowest BCUT2D eigenvalue weighted by atomic mass is 10.1. The number of anilines is 1. The van der Waals surface area contributed by atoms with Crippen LogP contribution in [0.15, 0.2) is 17.1 Å². The molecule has 2 heterocycles. The molecular formula is C21H39F2N3O4Si2. The monoisotopic (exact) mass is 491 g/mol. The highest BCUT2D eigenvalue weighted by Gasteiger charge is 2.63. The highest BCUT2D eigenvalue weighted by Crippen LogP contribution is 2.48. The number of nitrogens with two attached hydrogens (primary N) is 1. The summed E-state index contributed by atoms with van der Waals surface area (Å²) in [5.41, 5.74) is 4.63. The molecular weight excluding hydrogens is 452 g/mol. The molecule has 0 aromatic carbocycles. The number of hydrogen-bond donors (Lipinski definition) is 1. The van der Waals surface area contributed by atoms with Gasteiger partial charge in [0.15, 0.2) is 16.6 Å². The van der Waals surface area contributed by atoms with Crippen molar-refractivity contribution in [3.8, 4) is 0 Å². The van der Waals surface area contributed by atoms with Crippen LogP contribution in [0.3, 0.4) is 0 Å². The van der Waals surface area contributed by atoms with Gasteiger partial charge in [-0.15, -0.1) is 0 Å². The minimum absolute atomic E-state index is 0.0422. The zero-order valence-corrected chi connectivity index (χ0v) is 23.0. The van der Waals surface area contributed by atoms with Crippen LogP contribution < -0.4 is 11.4 Å². The Hall–Kier alpha value is -1.15. The van der Waals surface area contributed by atoms with Gasteiger partial charge >= 0.3 is 11.6 Å². The first-order chi connectivity index (χ1) is 14.2. The first kappa shape index (κ1) is 27.1. The fourth-order valence-corrected chi connectivity index (χ4v) is 5.16. The molecule has 1 fully saturated rings. The minimum atomic E-state index is -3.47. The van der Waals surface area contributed by atoms with Crippen molar-refractivity contribution in [3.63, 3.8) is 0 Å². The number of hydrogen-bond acceptors (Lipinski definition) is 6. The Bertz CT molecular complexity index is 879. The molecule has 1 saturated heterocycles. The van der Waals surface area contributed by atoms with Gasteiger partial charge in [0.25, 0.3) is 0 Å². The molecule has 3 unspecified atom stereocenters. The molecule has 32 heavy (non-hydrogen) atoms. The van der Waals surface area contributed by atoms with Crippen LogP contribution in [0.1, 0.15) is 47.8 Å². The molecule has 0 spiro atoms. The Morgan fingerprint density at radius 1 is 1.12 bits per heavy atom. The maximum Gasteiger partial charge on any atom is 0.351 e. The van der Waals surface area contributed by atoms with E-state index < -0.39 is 46.7 Å². The number of halogens is 2. The van der Waals surface area contributed by atoms with Gasteiger partial charge < -0.3 is 19.3 Å². The first-order valence-corrected chi connectivity index (χ1v) is 16.7.